The number of likely N-dealkylation sites (tertiary alicyclic amines) is 1. The molecule has 1 aliphatic heterocycles. The second-order valence-corrected chi connectivity index (χ2v) is 7.07. The third-order valence-electron chi connectivity index (χ3n) is 5.28. The van der Waals surface area contributed by atoms with Crippen molar-refractivity contribution in [2.24, 2.45) is 0 Å². The Kier molecular flexibility index (Phi) is 5.58. The van der Waals surface area contributed by atoms with Crippen molar-refractivity contribution in [1.82, 2.24) is 19.6 Å². The van der Waals surface area contributed by atoms with Crippen LogP contribution in [0.5, 0.6) is 5.75 Å². The number of amides is 1. The van der Waals surface area contributed by atoms with Crippen molar-refractivity contribution in [2.45, 2.75) is 25.8 Å². The maximum absolute atomic E-state index is 13.0. The van der Waals surface area contributed by atoms with Crippen molar-refractivity contribution < 1.29 is 9.53 Å². The molecule has 4 rings (SSSR count). The third-order valence-corrected chi connectivity index (χ3v) is 5.28. The molecule has 2 aromatic heterocycles. The van der Waals surface area contributed by atoms with Crippen LogP contribution in [0, 0.1) is 0 Å². The summed E-state index contributed by atoms with van der Waals surface area (Å²) < 4.78 is 7.43. The largest absolute Gasteiger partial charge is 0.496 e. The molecule has 0 unspecified atom stereocenters. The van der Waals surface area contributed by atoms with Gasteiger partial charge in [0.25, 0.3) is 5.91 Å². The van der Waals surface area contributed by atoms with Gasteiger partial charge in [-0.3, -0.25) is 4.79 Å². The first kappa shape index (κ1) is 18.5. The van der Waals surface area contributed by atoms with Gasteiger partial charge in [-0.1, -0.05) is 24.3 Å². The lowest BCUT2D eigenvalue weighted by Gasteiger charge is -2.15. The number of nitrogens with one attached hydrogen (secondary N) is 1. The van der Waals surface area contributed by atoms with Crippen molar-refractivity contribution in [3.05, 3.63) is 65.6 Å². The summed E-state index contributed by atoms with van der Waals surface area (Å²) in [5.74, 6) is 0.951. The Morgan fingerprint density at radius 2 is 1.93 bits per heavy atom. The van der Waals surface area contributed by atoms with Crippen LogP contribution in [0.2, 0.25) is 0 Å². The number of ether oxygens (including phenoxy) is 1. The molecular weight excluding hydrogens is 352 g/mol. The van der Waals surface area contributed by atoms with E-state index in [4.69, 9.17) is 4.74 Å². The molecule has 0 saturated carbocycles. The molecule has 1 N–H and O–H groups in total. The highest BCUT2D eigenvalue weighted by molar-refractivity contribution is 5.94. The number of rotatable bonds is 7. The quantitative estimate of drug-likeness (QED) is 0.642. The molecule has 0 aliphatic carbocycles. The van der Waals surface area contributed by atoms with Gasteiger partial charge in [0.2, 0.25) is 0 Å². The summed E-state index contributed by atoms with van der Waals surface area (Å²) in [6, 6.07) is 13.9. The number of fused-ring (bicyclic) bond motifs is 1. The topological polar surface area (TPSA) is 58.9 Å². The minimum absolute atomic E-state index is 0.0442. The lowest BCUT2D eigenvalue weighted by molar-refractivity contribution is 0.0786. The molecule has 1 aromatic carbocycles. The van der Waals surface area contributed by atoms with Crippen LogP contribution in [0.4, 0.5) is 0 Å². The van der Waals surface area contributed by atoms with Gasteiger partial charge in [-0.15, -0.1) is 0 Å². The molecule has 0 spiro atoms. The maximum atomic E-state index is 13.0. The molecule has 146 valence electrons. The van der Waals surface area contributed by atoms with Gasteiger partial charge in [0.1, 0.15) is 11.4 Å². The molecule has 3 heterocycles. The van der Waals surface area contributed by atoms with E-state index in [1.807, 2.05) is 51.9 Å². The first-order valence-electron chi connectivity index (χ1n) is 9.86. The Morgan fingerprint density at radius 1 is 1.14 bits per heavy atom. The zero-order valence-corrected chi connectivity index (χ0v) is 16.2. The van der Waals surface area contributed by atoms with E-state index >= 15 is 0 Å². The number of imidazole rings is 1. The average molecular weight is 378 g/mol. The lowest BCUT2D eigenvalue weighted by atomic mass is 10.1. The zero-order chi connectivity index (χ0) is 19.3. The SMILES string of the molecule is COc1ccccc1CCNCc1c(C(=O)N2CCCC2)nc2ccccn12. The van der Waals surface area contributed by atoms with Gasteiger partial charge in [-0.2, -0.15) is 0 Å². The summed E-state index contributed by atoms with van der Waals surface area (Å²) in [6.07, 6.45) is 4.98. The average Bonchev–Trinajstić information content (AvgIpc) is 3.39. The van der Waals surface area contributed by atoms with Gasteiger partial charge in [0, 0.05) is 25.8 Å². The van der Waals surface area contributed by atoms with E-state index < -0.39 is 0 Å². The minimum atomic E-state index is 0.0442. The smallest absolute Gasteiger partial charge is 0.274 e. The van der Waals surface area contributed by atoms with Crippen LogP contribution in [0.1, 0.15) is 34.6 Å². The number of hydrogen-bond acceptors (Lipinski definition) is 4. The molecule has 6 heteroatoms. The maximum Gasteiger partial charge on any atom is 0.274 e. The second kappa shape index (κ2) is 8.44. The lowest BCUT2D eigenvalue weighted by Crippen LogP contribution is -2.30. The van der Waals surface area contributed by atoms with E-state index in [-0.39, 0.29) is 5.91 Å². The molecule has 1 fully saturated rings. The summed E-state index contributed by atoms with van der Waals surface area (Å²) in [6.45, 7) is 3.04. The molecule has 3 aromatic rings. The predicted octanol–water partition coefficient (Wildman–Crippen LogP) is 2.91. The first-order chi connectivity index (χ1) is 13.8. The van der Waals surface area contributed by atoms with E-state index in [1.165, 1.54) is 5.56 Å². The van der Waals surface area contributed by atoms with Gasteiger partial charge >= 0.3 is 0 Å². The van der Waals surface area contributed by atoms with Crippen LogP contribution in [0.15, 0.2) is 48.7 Å². The van der Waals surface area contributed by atoms with Crippen LogP contribution in [0.3, 0.4) is 0 Å². The van der Waals surface area contributed by atoms with E-state index in [2.05, 4.69) is 16.4 Å². The van der Waals surface area contributed by atoms with E-state index in [1.54, 1.807) is 7.11 Å². The number of carbonyl (C=O) groups is 1. The molecule has 1 amide bonds. The number of methoxy groups -OCH3 is 1. The second-order valence-electron chi connectivity index (χ2n) is 7.07. The Hall–Kier alpha value is -2.86. The zero-order valence-electron chi connectivity index (χ0n) is 16.2. The number of pyridine rings is 1. The summed E-state index contributed by atoms with van der Waals surface area (Å²) in [7, 11) is 1.70. The van der Waals surface area contributed by atoms with E-state index in [0.717, 1.165) is 56.0 Å². The molecule has 1 aliphatic rings. The Bertz CT molecular complexity index is 960. The number of nitrogens with zero attached hydrogens (tertiary/aromatic N) is 3. The fourth-order valence-corrected chi connectivity index (χ4v) is 3.80. The highest BCUT2D eigenvalue weighted by Gasteiger charge is 2.25. The monoisotopic (exact) mass is 378 g/mol. The molecule has 6 nitrogen and oxygen atoms in total. The fourth-order valence-electron chi connectivity index (χ4n) is 3.80. The molecule has 1 saturated heterocycles. The van der Waals surface area contributed by atoms with E-state index in [9.17, 15) is 4.79 Å². The Balaban J connectivity index is 1.49. The van der Waals surface area contributed by atoms with Crippen molar-refractivity contribution in [3.8, 4) is 5.75 Å². The normalized spacial score (nSPS) is 14.0. The van der Waals surface area contributed by atoms with Gasteiger partial charge < -0.3 is 19.4 Å². The highest BCUT2D eigenvalue weighted by Crippen LogP contribution is 2.19. The van der Waals surface area contributed by atoms with Gasteiger partial charge in [0.15, 0.2) is 5.69 Å². The third kappa shape index (κ3) is 3.73. The molecule has 0 bridgehead atoms. The van der Waals surface area contributed by atoms with Crippen LogP contribution >= 0.6 is 0 Å². The van der Waals surface area contributed by atoms with E-state index in [0.29, 0.717) is 12.2 Å². The molecule has 0 atom stereocenters. The molecule has 0 radical (unpaired) electrons. The predicted molar refractivity (Wildman–Crippen MR) is 109 cm³/mol. The Labute approximate surface area is 165 Å². The number of carbonyl (C=O) groups excluding carboxylic acids is 1. The van der Waals surface area contributed by atoms with Crippen LogP contribution in [-0.4, -0.2) is 46.9 Å². The Morgan fingerprint density at radius 3 is 2.75 bits per heavy atom. The van der Waals surface area contributed by atoms with Crippen LogP contribution in [-0.2, 0) is 13.0 Å². The van der Waals surface area contributed by atoms with Gasteiger partial charge in [-0.05, 0) is 49.6 Å². The van der Waals surface area contributed by atoms with Gasteiger partial charge in [-0.25, -0.2) is 4.98 Å². The number of para-hydroxylation sites is 1. The van der Waals surface area contributed by atoms with Crippen molar-refractivity contribution in [2.75, 3.05) is 26.7 Å². The summed E-state index contributed by atoms with van der Waals surface area (Å²) in [5.41, 5.74) is 3.47. The summed E-state index contributed by atoms with van der Waals surface area (Å²) in [5, 5.41) is 3.48. The van der Waals surface area contributed by atoms with Gasteiger partial charge in [0.05, 0.1) is 12.8 Å². The minimum Gasteiger partial charge on any atom is -0.496 e. The van der Waals surface area contributed by atoms with Crippen molar-refractivity contribution in [3.63, 3.8) is 0 Å². The molecule has 28 heavy (non-hydrogen) atoms. The number of benzene rings is 1. The summed E-state index contributed by atoms with van der Waals surface area (Å²) >= 11 is 0. The van der Waals surface area contributed by atoms with Crippen molar-refractivity contribution >= 4 is 11.6 Å². The van der Waals surface area contributed by atoms with Crippen LogP contribution < -0.4 is 10.1 Å². The first-order valence-corrected chi connectivity index (χ1v) is 9.86. The van der Waals surface area contributed by atoms with Crippen LogP contribution in [0.25, 0.3) is 5.65 Å². The molecular formula is C22H26N4O2. The summed E-state index contributed by atoms with van der Waals surface area (Å²) in [4.78, 5) is 19.5. The highest BCUT2D eigenvalue weighted by atomic mass is 16.5. The number of aromatic nitrogens is 2. The standard InChI is InChI=1S/C22H26N4O2/c1-28-19-9-3-2-8-17(19)11-12-23-16-18-21(22(27)25-13-6-7-14-25)24-20-10-4-5-15-26(18)20/h2-5,8-10,15,23H,6-7,11-14,16H2,1H3. The fraction of sp³-hybridized carbons (Fsp3) is 0.364. The van der Waals surface area contributed by atoms with Crippen molar-refractivity contribution in [1.29, 1.82) is 0 Å². The number of hydrogen-bond donors (Lipinski definition) is 1.